The summed E-state index contributed by atoms with van der Waals surface area (Å²) in [5.41, 5.74) is 0.454. The third-order valence-corrected chi connectivity index (χ3v) is 2.80. The van der Waals surface area contributed by atoms with Crippen LogP contribution in [0.3, 0.4) is 0 Å². The lowest BCUT2D eigenvalue weighted by molar-refractivity contribution is 0.0665. The minimum atomic E-state index is -1.17. The third-order valence-electron chi connectivity index (χ3n) is 1.80. The molecule has 1 N–H and O–H groups in total. The molecule has 0 atom stereocenters. The SMILES string of the molecule is O=C(O)c1oc2c(Br)cccc2c1Cl. The second kappa shape index (κ2) is 3.29. The normalized spacial score (nSPS) is 10.7. The number of hydrogen-bond acceptors (Lipinski definition) is 2. The predicted octanol–water partition coefficient (Wildman–Crippen LogP) is 3.55. The Hall–Kier alpha value is -1.00. The van der Waals surface area contributed by atoms with Crippen molar-refractivity contribution in [1.82, 2.24) is 0 Å². The van der Waals surface area contributed by atoms with E-state index in [0.29, 0.717) is 15.4 Å². The molecule has 3 nitrogen and oxygen atoms in total. The van der Waals surface area contributed by atoms with Crippen molar-refractivity contribution in [3.05, 3.63) is 33.5 Å². The molecule has 0 aliphatic carbocycles. The van der Waals surface area contributed by atoms with E-state index in [9.17, 15) is 4.79 Å². The molecule has 0 unspecified atom stereocenters. The Kier molecular flexibility index (Phi) is 2.25. The van der Waals surface area contributed by atoms with Crippen molar-refractivity contribution in [3.8, 4) is 0 Å². The molecule has 14 heavy (non-hydrogen) atoms. The van der Waals surface area contributed by atoms with Crippen LogP contribution in [0.25, 0.3) is 11.0 Å². The van der Waals surface area contributed by atoms with Gasteiger partial charge in [-0.15, -0.1) is 0 Å². The molecule has 1 heterocycles. The smallest absolute Gasteiger partial charge is 0.373 e. The van der Waals surface area contributed by atoms with E-state index in [0.717, 1.165) is 0 Å². The van der Waals surface area contributed by atoms with Gasteiger partial charge < -0.3 is 9.52 Å². The number of hydrogen-bond donors (Lipinski definition) is 1. The zero-order valence-corrected chi connectivity index (χ0v) is 9.09. The number of furan rings is 1. The number of halogens is 2. The number of carboxylic acids is 1. The lowest BCUT2D eigenvalue weighted by Crippen LogP contribution is -1.93. The molecule has 72 valence electrons. The Morgan fingerprint density at radius 2 is 2.21 bits per heavy atom. The van der Waals surface area contributed by atoms with Crippen molar-refractivity contribution >= 4 is 44.5 Å². The van der Waals surface area contributed by atoms with Crippen molar-refractivity contribution < 1.29 is 14.3 Å². The number of aromatic carboxylic acids is 1. The zero-order valence-electron chi connectivity index (χ0n) is 6.75. The average Bonchev–Trinajstić information content (AvgIpc) is 2.46. The van der Waals surface area contributed by atoms with Crippen LogP contribution >= 0.6 is 27.5 Å². The van der Waals surface area contributed by atoms with Gasteiger partial charge >= 0.3 is 5.97 Å². The maximum absolute atomic E-state index is 10.7. The van der Waals surface area contributed by atoms with E-state index in [1.54, 1.807) is 18.2 Å². The van der Waals surface area contributed by atoms with Gasteiger partial charge in [0.15, 0.2) is 5.58 Å². The Morgan fingerprint density at radius 3 is 2.79 bits per heavy atom. The first-order valence-electron chi connectivity index (χ1n) is 3.71. The van der Waals surface area contributed by atoms with E-state index in [-0.39, 0.29) is 10.8 Å². The summed E-state index contributed by atoms with van der Waals surface area (Å²) in [6.45, 7) is 0. The minimum Gasteiger partial charge on any atom is -0.475 e. The molecule has 2 aromatic rings. The lowest BCUT2D eigenvalue weighted by Gasteiger charge is -1.89. The fourth-order valence-corrected chi connectivity index (χ4v) is 1.91. The van der Waals surface area contributed by atoms with Crippen molar-refractivity contribution in [1.29, 1.82) is 0 Å². The minimum absolute atomic E-state index is 0.133. The summed E-state index contributed by atoms with van der Waals surface area (Å²) in [6, 6.07) is 5.23. The van der Waals surface area contributed by atoms with E-state index >= 15 is 0 Å². The largest absolute Gasteiger partial charge is 0.475 e. The van der Waals surface area contributed by atoms with Gasteiger partial charge in [0.05, 0.1) is 4.47 Å². The molecule has 0 saturated heterocycles. The zero-order chi connectivity index (χ0) is 10.3. The van der Waals surface area contributed by atoms with Crippen LogP contribution in [0.4, 0.5) is 0 Å². The third kappa shape index (κ3) is 1.31. The molecule has 1 aromatic heterocycles. The Balaban J connectivity index is 2.86. The van der Waals surface area contributed by atoms with Gasteiger partial charge in [-0.1, -0.05) is 17.7 Å². The fourth-order valence-electron chi connectivity index (χ4n) is 1.19. The molecular weight excluding hydrogens is 271 g/mol. The highest BCUT2D eigenvalue weighted by atomic mass is 79.9. The molecule has 1 aromatic carbocycles. The first kappa shape index (κ1) is 9.55. The van der Waals surface area contributed by atoms with Gasteiger partial charge in [-0.25, -0.2) is 4.79 Å². The number of carbonyl (C=O) groups is 1. The monoisotopic (exact) mass is 274 g/mol. The molecule has 0 aliphatic rings. The van der Waals surface area contributed by atoms with Gasteiger partial charge in [-0.2, -0.15) is 0 Å². The quantitative estimate of drug-likeness (QED) is 0.866. The highest BCUT2D eigenvalue weighted by Gasteiger charge is 2.19. The van der Waals surface area contributed by atoms with Gasteiger partial charge in [0.25, 0.3) is 0 Å². The summed E-state index contributed by atoms with van der Waals surface area (Å²) in [6.07, 6.45) is 0. The van der Waals surface area contributed by atoms with Crippen molar-refractivity contribution in [3.63, 3.8) is 0 Å². The number of fused-ring (bicyclic) bond motifs is 1. The Bertz CT molecular complexity index is 518. The van der Waals surface area contributed by atoms with Crippen molar-refractivity contribution in [2.24, 2.45) is 0 Å². The van der Waals surface area contributed by atoms with E-state index < -0.39 is 5.97 Å². The number of benzene rings is 1. The lowest BCUT2D eigenvalue weighted by atomic mass is 10.2. The van der Waals surface area contributed by atoms with Crippen LogP contribution in [0.5, 0.6) is 0 Å². The molecule has 0 spiro atoms. The Labute approximate surface area is 92.4 Å². The fraction of sp³-hybridized carbons (Fsp3) is 0. The van der Waals surface area contributed by atoms with Crippen molar-refractivity contribution in [2.75, 3.05) is 0 Å². The van der Waals surface area contributed by atoms with Crippen LogP contribution in [0.1, 0.15) is 10.6 Å². The summed E-state index contributed by atoms with van der Waals surface area (Å²) < 4.78 is 5.80. The number of carboxylic acid groups (broad SMARTS) is 1. The second-order valence-corrected chi connectivity index (χ2v) is 3.90. The van der Waals surface area contributed by atoms with Crippen LogP contribution in [0.2, 0.25) is 5.02 Å². The number of para-hydroxylation sites is 1. The van der Waals surface area contributed by atoms with Crippen molar-refractivity contribution in [2.45, 2.75) is 0 Å². The summed E-state index contributed by atoms with van der Waals surface area (Å²) in [7, 11) is 0. The molecule has 0 aliphatic heterocycles. The highest BCUT2D eigenvalue weighted by molar-refractivity contribution is 9.10. The van der Waals surface area contributed by atoms with Gasteiger partial charge in [0.1, 0.15) is 5.02 Å². The maximum Gasteiger partial charge on any atom is 0.373 e. The first-order chi connectivity index (χ1) is 6.61. The van der Waals surface area contributed by atoms with E-state index in [1.165, 1.54) is 0 Å². The van der Waals surface area contributed by atoms with Crippen LogP contribution in [0, 0.1) is 0 Å². The van der Waals surface area contributed by atoms with Gasteiger partial charge in [-0.05, 0) is 28.1 Å². The predicted molar refractivity (Wildman–Crippen MR) is 55.9 cm³/mol. The molecule has 2 rings (SSSR count). The molecular formula is C9H4BrClO3. The number of rotatable bonds is 1. The van der Waals surface area contributed by atoms with Crippen LogP contribution in [-0.2, 0) is 0 Å². The molecule has 0 bridgehead atoms. The van der Waals surface area contributed by atoms with Gasteiger partial charge in [0.2, 0.25) is 5.76 Å². The van der Waals surface area contributed by atoms with Crippen LogP contribution in [-0.4, -0.2) is 11.1 Å². The standard InChI is InChI=1S/C9H4BrClO3/c10-5-3-1-2-4-6(11)8(9(12)13)14-7(4)5/h1-3H,(H,12,13). The van der Waals surface area contributed by atoms with Gasteiger partial charge in [0, 0.05) is 5.39 Å². The molecule has 0 saturated carbocycles. The molecule has 5 heteroatoms. The molecule has 0 radical (unpaired) electrons. The van der Waals surface area contributed by atoms with Crippen LogP contribution in [0.15, 0.2) is 27.1 Å². The highest BCUT2D eigenvalue weighted by Crippen LogP contribution is 2.34. The summed E-state index contributed by atoms with van der Waals surface area (Å²) in [5.74, 6) is -1.40. The summed E-state index contributed by atoms with van der Waals surface area (Å²) in [4.78, 5) is 10.7. The molecule has 0 fully saturated rings. The first-order valence-corrected chi connectivity index (χ1v) is 4.88. The summed E-state index contributed by atoms with van der Waals surface area (Å²) in [5, 5.41) is 9.49. The maximum atomic E-state index is 10.7. The van der Waals surface area contributed by atoms with E-state index in [1.807, 2.05) is 0 Å². The summed E-state index contributed by atoms with van der Waals surface area (Å²) >= 11 is 9.08. The van der Waals surface area contributed by atoms with E-state index in [2.05, 4.69) is 15.9 Å². The Morgan fingerprint density at radius 1 is 1.50 bits per heavy atom. The topological polar surface area (TPSA) is 50.4 Å². The average molecular weight is 275 g/mol. The van der Waals surface area contributed by atoms with Crippen LogP contribution < -0.4 is 0 Å². The molecule has 0 amide bonds. The van der Waals surface area contributed by atoms with Gasteiger partial charge in [-0.3, -0.25) is 0 Å². The second-order valence-electron chi connectivity index (χ2n) is 2.67. The van der Waals surface area contributed by atoms with E-state index in [4.69, 9.17) is 21.1 Å².